The lowest BCUT2D eigenvalue weighted by Gasteiger charge is -2.09. The Morgan fingerprint density at radius 1 is 1.33 bits per heavy atom. The van der Waals surface area contributed by atoms with Crippen molar-refractivity contribution in [2.24, 2.45) is 0 Å². The number of carboxylic acids is 1. The number of aromatic nitrogens is 1. The van der Waals surface area contributed by atoms with Crippen LogP contribution in [0.1, 0.15) is 40.0 Å². The summed E-state index contributed by atoms with van der Waals surface area (Å²) in [4.78, 5) is 27.8. The number of hydrogen-bond acceptors (Lipinski definition) is 5. The smallest absolute Gasteiger partial charge is 0.335 e. The molecule has 2 N–H and O–H groups in total. The highest BCUT2D eigenvalue weighted by molar-refractivity contribution is 7.99. The number of aromatic carboxylic acids is 1. The van der Waals surface area contributed by atoms with Crippen molar-refractivity contribution < 1.29 is 14.7 Å². The number of carbonyl (C=O) groups is 2. The van der Waals surface area contributed by atoms with Gasteiger partial charge in [-0.3, -0.25) is 4.79 Å². The number of carbonyl (C=O) groups excluding carboxylic acids is 1. The van der Waals surface area contributed by atoms with E-state index in [9.17, 15) is 14.9 Å². The maximum absolute atomic E-state index is 12.2. The summed E-state index contributed by atoms with van der Waals surface area (Å²) in [5, 5.41) is 21.9. The second-order valence-electron chi connectivity index (χ2n) is 6.06. The number of nitrogens with zero attached hydrogens (tertiary/aromatic N) is 2. The Morgan fingerprint density at radius 2 is 2.15 bits per heavy atom. The highest BCUT2D eigenvalue weighted by atomic mass is 35.5. The third kappa shape index (κ3) is 4.59. The van der Waals surface area contributed by atoms with Gasteiger partial charge >= 0.3 is 5.97 Å². The Balaban J connectivity index is 1.60. The first-order valence-electron chi connectivity index (χ1n) is 8.36. The molecule has 8 heteroatoms. The third-order valence-electron chi connectivity index (χ3n) is 4.19. The number of nitrogens with one attached hydrogen (secondary N) is 1. The van der Waals surface area contributed by atoms with E-state index < -0.39 is 5.97 Å². The van der Waals surface area contributed by atoms with E-state index in [1.165, 1.54) is 30.0 Å². The average molecular weight is 402 g/mol. The maximum atomic E-state index is 12.2. The second-order valence-corrected chi connectivity index (χ2v) is 7.55. The predicted octanol–water partition coefficient (Wildman–Crippen LogP) is 3.91. The van der Waals surface area contributed by atoms with Crippen molar-refractivity contribution in [2.45, 2.75) is 30.7 Å². The minimum Gasteiger partial charge on any atom is -0.478 e. The SMILES string of the molecule is N#Cc1cc2c(nc1SCCC(=O)Nc1cc(C(=O)O)ccc1Cl)CCC2. The van der Waals surface area contributed by atoms with Gasteiger partial charge in [0.15, 0.2) is 0 Å². The number of halogens is 1. The number of nitriles is 1. The Hall–Kier alpha value is -2.56. The summed E-state index contributed by atoms with van der Waals surface area (Å²) in [6, 6.07) is 8.20. The van der Waals surface area contributed by atoms with Gasteiger partial charge in [-0.2, -0.15) is 5.26 Å². The van der Waals surface area contributed by atoms with Crippen molar-refractivity contribution in [3.63, 3.8) is 0 Å². The third-order valence-corrected chi connectivity index (χ3v) is 5.51. The Bertz CT molecular complexity index is 956. The molecule has 1 amide bonds. The lowest BCUT2D eigenvalue weighted by Crippen LogP contribution is -2.13. The van der Waals surface area contributed by atoms with E-state index in [2.05, 4.69) is 16.4 Å². The molecule has 1 aliphatic carbocycles. The minimum atomic E-state index is -1.09. The van der Waals surface area contributed by atoms with Gasteiger partial charge in [-0.1, -0.05) is 11.6 Å². The molecule has 0 bridgehead atoms. The summed E-state index contributed by atoms with van der Waals surface area (Å²) < 4.78 is 0. The standard InChI is InChI=1S/C19H16ClN3O3S/c20-14-5-4-12(19(25)26)9-16(14)22-17(24)6-7-27-18-13(10-21)8-11-2-1-3-15(11)23-18/h4-5,8-9H,1-3,6-7H2,(H,22,24)(H,25,26). The van der Waals surface area contributed by atoms with Gasteiger partial charge in [0.05, 0.1) is 21.8 Å². The highest BCUT2D eigenvalue weighted by Gasteiger charge is 2.17. The van der Waals surface area contributed by atoms with Gasteiger partial charge < -0.3 is 10.4 Å². The molecule has 0 atom stereocenters. The van der Waals surface area contributed by atoms with Crippen molar-refractivity contribution in [1.29, 1.82) is 5.26 Å². The summed E-state index contributed by atoms with van der Waals surface area (Å²) in [5.74, 6) is -0.932. The molecular formula is C19H16ClN3O3S. The van der Waals surface area contributed by atoms with E-state index in [1.54, 1.807) is 0 Å². The fourth-order valence-electron chi connectivity index (χ4n) is 2.85. The van der Waals surface area contributed by atoms with Crippen molar-refractivity contribution in [3.8, 4) is 6.07 Å². The Kier molecular flexibility index (Phi) is 5.99. The molecule has 0 saturated carbocycles. The van der Waals surface area contributed by atoms with Crippen LogP contribution in [-0.4, -0.2) is 27.7 Å². The number of rotatable bonds is 6. The second kappa shape index (κ2) is 8.42. The largest absolute Gasteiger partial charge is 0.478 e. The summed E-state index contributed by atoms with van der Waals surface area (Å²) in [5.41, 5.74) is 3.03. The van der Waals surface area contributed by atoms with Gasteiger partial charge in [-0.25, -0.2) is 9.78 Å². The normalized spacial score (nSPS) is 12.3. The number of aryl methyl sites for hydroxylation is 2. The van der Waals surface area contributed by atoms with Crippen LogP contribution in [0.25, 0.3) is 0 Å². The summed E-state index contributed by atoms with van der Waals surface area (Å²) in [7, 11) is 0. The summed E-state index contributed by atoms with van der Waals surface area (Å²) in [6.45, 7) is 0. The fourth-order valence-corrected chi connectivity index (χ4v) is 3.93. The first kappa shape index (κ1) is 19.2. The van der Waals surface area contributed by atoms with Gasteiger partial charge in [0.1, 0.15) is 11.1 Å². The van der Waals surface area contributed by atoms with Crippen LogP contribution in [0.5, 0.6) is 0 Å². The highest BCUT2D eigenvalue weighted by Crippen LogP contribution is 2.28. The van der Waals surface area contributed by atoms with Crippen molar-refractivity contribution in [1.82, 2.24) is 4.98 Å². The summed E-state index contributed by atoms with van der Waals surface area (Å²) in [6.07, 6.45) is 3.12. The van der Waals surface area contributed by atoms with E-state index in [-0.39, 0.29) is 28.6 Å². The number of thioether (sulfide) groups is 1. The molecule has 1 aromatic heterocycles. The molecule has 0 unspecified atom stereocenters. The van der Waals surface area contributed by atoms with E-state index in [4.69, 9.17) is 16.7 Å². The lowest BCUT2D eigenvalue weighted by molar-refractivity contribution is -0.115. The molecule has 0 saturated heterocycles. The van der Waals surface area contributed by atoms with Crippen LogP contribution in [0, 0.1) is 11.3 Å². The van der Waals surface area contributed by atoms with Crippen LogP contribution in [0.4, 0.5) is 5.69 Å². The van der Waals surface area contributed by atoms with Crippen molar-refractivity contribution >= 4 is 40.9 Å². The first-order valence-corrected chi connectivity index (χ1v) is 9.72. The van der Waals surface area contributed by atoms with Gasteiger partial charge in [0.25, 0.3) is 0 Å². The fraction of sp³-hybridized carbons (Fsp3) is 0.263. The maximum Gasteiger partial charge on any atom is 0.335 e. The summed E-state index contributed by atoms with van der Waals surface area (Å²) >= 11 is 7.38. The molecule has 0 spiro atoms. The molecule has 3 rings (SSSR count). The number of benzene rings is 1. The molecule has 0 fully saturated rings. The number of fused-ring (bicyclic) bond motifs is 1. The zero-order chi connectivity index (χ0) is 19.4. The molecular weight excluding hydrogens is 386 g/mol. The first-order chi connectivity index (χ1) is 13.0. The van der Waals surface area contributed by atoms with Gasteiger partial charge in [0.2, 0.25) is 5.91 Å². The number of anilines is 1. The monoisotopic (exact) mass is 401 g/mol. The van der Waals surface area contributed by atoms with Crippen LogP contribution in [0.3, 0.4) is 0 Å². The van der Waals surface area contributed by atoms with Gasteiger partial charge in [0, 0.05) is 17.9 Å². The molecule has 0 aliphatic heterocycles. The zero-order valence-corrected chi connectivity index (χ0v) is 15.9. The van der Waals surface area contributed by atoms with Crippen LogP contribution < -0.4 is 5.32 Å². The minimum absolute atomic E-state index is 0.0464. The van der Waals surface area contributed by atoms with Crippen molar-refractivity contribution in [2.75, 3.05) is 11.1 Å². The zero-order valence-electron chi connectivity index (χ0n) is 14.3. The number of pyridine rings is 1. The van der Waals surface area contributed by atoms with Crippen LogP contribution >= 0.6 is 23.4 Å². The van der Waals surface area contributed by atoms with Crippen molar-refractivity contribution in [3.05, 3.63) is 51.7 Å². The molecule has 1 heterocycles. The van der Waals surface area contributed by atoms with Crippen LogP contribution in [0.15, 0.2) is 29.3 Å². The average Bonchev–Trinajstić information content (AvgIpc) is 3.09. The van der Waals surface area contributed by atoms with Gasteiger partial charge in [-0.05, 0) is 49.1 Å². The molecule has 1 aromatic carbocycles. The Labute approximate surface area is 165 Å². The predicted molar refractivity (Wildman–Crippen MR) is 103 cm³/mol. The number of carboxylic acid groups (broad SMARTS) is 1. The number of amides is 1. The van der Waals surface area contributed by atoms with E-state index in [1.807, 2.05) is 6.07 Å². The number of hydrogen-bond donors (Lipinski definition) is 2. The molecule has 2 aromatic rings. The van der Waals surface area contributed by atoms with E-state index >= 15 is 0 Å². The van der Waals surface area contributed by atoms with Crippen LogP contribution in [0.2, 0.25) is 5.02 Å². The molecule has 138 valence electrons. The Morgan fingerprint density at radius 3 is 2.89 bits per heavy atom. The quantitative estimate of drug-likeness (QED) is 0.711. The molecule has 1 aliphatic rings. The van der Waals surface area contributed by atoms with Gasteiger partial charge in [-0.15, -0.1) is 11.8 Å². The van der Waals surface area contributed by atoms with E-state index in [0.29, 0.717) is 16.3 Å². The molecule has 27 heavy (non-hydrogen) atoms. The topological polar surface area (TPSA) is 103 Å². The lowest BCUT2D eigenvalue weighted by atomic mass is 10.2. The molecule has 6 nitrogen and oxygen atoms in total. The molecule has 0 radical (unpaired) electrons. The van der Waals surface area contributed by atoms with Crippen LogP contribution in [-0.2, 0) is 17.6 Å². The van der Waals surface area contributed by atoms with E-state index in [0.717, 1.165) is 30.5 Å².